The number of hydrogen-bond donors (Lipinski definition) is 1. The zero-order chi connectivity index (χ0) is 21.1. The van der Waals surface area contributed by atoms with Crippen LogP contribution in [0.3, 0.4) is 0 Å². The van der Waals surface area contributed by atoms with Crippen molar-refractivity contribution in [3.8, 4) is 11.3 Å². The lowest BCUT2D eigenvalue weighted by atomic mass is 10.1. The molecule has 8 heteroatoms. The van der Waals surface area contributed by atoms with Crippen LogP contribution in [0.25, 0.3) is 16.8 Å². The van der Waals surface area contributed by atoms with Crippen LogP contribution in [0.4, 0.5) is 4.39 Å². The minimum absolute atomic E-state index is 0.152. The topological polar surface area (TPSA) is 68.4 Å². The molecule has 1 N–H and O–H groups in total. The van der Waals surface area contributed by atoms with Gasteiger partial charge in [-0.05, 0) is 42.0 Å². The summed E-state index contributed by atoms with van der Waals surface area (Å²) in [7, 11) is 0. The predicted molar refractivity (Wildman–Crippen MR) is 113 cm³/mol. The van der Waals surface area contributed by atoms with E-state index in [1.165, 1.54) is 21.2 Å². The van der Waals surface area contributed by atoms with Crippen molar-refractivity contribution in [3.05, 3.63) is 93.7 Å². The van der Waals surface area contributed by atoms with Crippen LogP contribution in [0.5, 0.6) is 0 Å². The molecule has 30 heavy (non-hydrogen) atoms. The monoisotopic (exact) mass is 424 g/mol. The summed E-state index contributed by atoms with van der Waals surface area (Å²) in [5, 5.41) is 7.77. The van der Waals surface area contributed by atoms with Crippen LogP contribution < -0.4 is 10.9 Å². The molecule has 0 saturated heterocycles. The highest BCUT2D eigenvalue weighted by Gasteiger charge is 2.11. The fourth-order valence-electron chi connectivity index (χ4n) is 3.11. The van der Waals surface area contributed by atoms with Crippen LogP contribution in [0.2, 0.25) is 5.02 Å². The van der Waals surface area contributed by atoms with E-state index < -0.39 is 0 Å². The fourth-order valence-corrected chi connectivity index (χ4v) is 3.31. The Morgan fingerprint density at radius 2 is 1.87 bits per heavy atom. The zero-order valence-electron chi connectivity index (χ0n) is 15.9. The highest BCUT2D eigenvalue weighted by molar-refractivity contribution is 6.31. The molecule has 2 heterocycles. The first-order valence-corrected chi connectivity index (χ1v) is 9.74. The molecule has 0 fully saturated rings. The lowest BCUT2D eigenvalue weighted by Gasteiger charge is -2.08. The summed E-state index contributed by atoms with van der Waals surface area (Å²) in [6, 6.07) is 14.9. The standard InChI is InChI=1S/C22H18ClFN4O2/c23-18-4-2-1-3-16(18)14-25-21(29)9-10-27-11-12-28-20(22(27)30)13-19(26-28)15-5-7-17(24)8-6-15/h1-8,11-13H,9-10,14H2,(H,25,29). The lowest BCUT2D eigenvalue weighted by molar-refractivity contribution is -0.121. The molecule has 4 aromatic rings. The van der Waals surface area contributed by atoms with Gasteiger partial charge in [0.1, 0.15) is 11.3 Å². The van der Waals surface area contributed by atoms with E-state index >= 15 is 0 Å². The molecule has 0 aliphatic heterocycles. The average Bonchev–Trinajstić information content (AvgIpc) is 3.18. The molecule has 0 aliphatic carbocycles. The molecule has 1 amide bonds. The van der Waals surface area contributed by atoms with E-state index in [0.29, 0.717) is 28.3 Å². The lowest BCUT2D eigenvalue weighted by Crippen LogP contribution is -2.27. The van der Waals surface area contributed by atoms with Gasteiger partial charge in [-0.15, -0.1) is 0 Å². The van der Waals surface area contributed by atoms with Gasteiger partial charge < -0.3 is 9.88 Å². The first-order chi connectivity index (χ1) is 14.5. The number of fused-ring (bicyclic) bond motifs is 1. The molecule has 4 rings (SSSR count). The maximum Gasteiger partial charge on any atom is 0.276 e. The van der Waals surface area contributed by atoms with Crippen molar-refractivity contribution in [1.82, 2.24) is 19.5 Å². The highest BCUT2D eigenvalue weighted by Crippen LogP contribution is 2.19. The number of halogens is 2. The van der Waals surface area contributed by atoms with Gasteiger partial charge in [0.15, 0.2) is 0 Å². The molecule has 0 unspecified atom stereocenters. The van der Waals surface area contributed by atoms with E-state index in [2.05, 4.69) is 10.4 Å². The number of nitrogens with zero attached hydrogens (tertiary/aromatic N) is 3. The Hall–Kier alpha value is -3.45. The number of nitrogens with one attached hydrogen (secondary N) is 1. The molecule has 2 aromatic heterocycles. The molecule has 0 saturated carbocycles. The summed E-state index contributed by atoms with van der Waals surface area (Å²) in [5.41, 5.74) is 2.25. The maximum atomic E-state index is 13.1. The smallest absolute Gasteiger partial charge is 0.276 e. The van der Waals surface area contributed by atoms with Crippen molar-refractivity contribution < 1.29 is 9.18 Å². The Bertz CT molecular complexity index is 1260. The predicted octanol–water partition coefficient (Wildman–Crippen LogP) is 3.66. The molecule has 0 atom stereocenters. The molecule has 152 valence electrons. The van der Waals surface area contributed by atoms with Crippen LogP contribution >= 0.6 is 11.6 Å². The second-order valence-electron chi connectivity index (χ2n) is 6.78. The Morgan fingerprint density at radius 1 is 1.10 bits per heavy atom. The number of benzene rings is 2. The molecular formula is C22H18ClFN4O2. The molecular weight excluding hydrogens is 407 g/mol. The van der Waals surface area contributed by atoms with Gasteiger partial charge in [0.05, 0.1) is 5.69 Å². The Labute approximate surface area is 176 Å². The molecule has 6 nitrogen and oxygen atoms in total. The van der Waals surface area contributed by atoms with Crippen molar-refractivity contribution in [1.29, 1.82) is 0 Å². The number of rotatable bonds is 6. The van der Waals surface area contributed by atoms with Crippen molar-refractivity contribution in [2.75, 3.05) is 0 Å². The normalized spacial score (nSPS) is 11.0. The maximum absolute atomic E-state index is 13.1. The summed E-state index contributed by atoms with van der Waals surface area (Å²) in [5.74, 6) is -0.514. The molecule has 2 aromatic carbocycles. The van der Waals surface area contributed by atoms with E-state index in [1.54, 1.807) is 36.7 Å². The number of hydrogen-bond acceptors (Lipinski definition) is 3. The third-order valence-electron chi connectivity index (χ3n) is 4.76. The van der Waals surface area contributed by atoms with E-state index in [1.807, 2.05) is 18.2 Å². The Morgan fingerprint density at radius 3 is 2.63 bits per heavy atom. The summed E-state index contributed by atoms with van der Waals surface area (Å²) in [6.45, 7) is 0.566. The van der Waals surface area contributed by atoms with Crippen molar-refractivity contribution >= 4 is 23.0 Å². The second-order valence-corrected chi connectivity index (χ2v) is 7.19. The SMILES string of the molecule is O=C(CCn1ccn2nc(-c3ccc(F)cc3)cc2c1=O)NCc1ccccc1Cl. The number of carbonyl (C=O) groups excluding carboxylic acids is 1. The summed E-state index contributed by atoms with van der Waals surface area (Å²) >= 11 is 6.09. The number of aromatic nitrogens is 3. The van der Waals surface area contributed by atoms with Crippen molar-refractivity contribution in [2.45, 2.75) is 19.5 Å². The van der Waals surface area contributed by atoms with Gasteiger partial charge in [-0.2, -0.15) is 5.10 Å². The summed E-state index contributed by atoms with van der Waals surface area (Å²) < 4.78 is 16.1. The average molecular weight is 425 g/mol. The zero-order valence-corrected chi connectivity index (χ0v) is 16.6. The number of carbonyl (C=O) groups is 1. The van der Waals surface area contributed by atoms with Crippen LogP contribution in [0.15, 0.2) is 71.8 Å². The number of amides is 1. The van der Waals surface area contributed by atoms with Crippen LogP contribution in [0, 0.1) is 5.82 Å². The van der Waals surface area contributed by atoms with Gasteiger partial charge in [-0.1, -0.05) is 29.8 Å². The molecule has 0 spiro atoms. The van der Waals surface area contributed by atoms with Gasteiger partial charge >= 0.3 is 0 Å². The van der Waals surface area contributed by atoms with Gasteiger partial charge in [0.2, 0.25) is 5.91 Å². The molecule has 0 radical (unpaired) electrons. The number of aryl methyl sites for hydroxylation is 1. The summed E-state index contributed by atoms with van der Waals surface area (Å²) in [4.78, 5) is 24.9. The van der Waals surface area contributed by atoms with Crippen LogP contribution in [-0.2, 0) is 17.9 Å². The van der Waals surface area contributed by atoms with E-state index in [0.717, 1.165) is 5.56 Å². The van der Waals surface area contributed by atoms with Gasteiger partial charge in [0, 0.05) is 42.5 Å². The molecule has 0 aliphatic rings. The third kappa shape index (κ3) is 4.26. The minimum Gasteiger partial charge on any atom is -0.352 e. The second kappa shape index (κ2) is 8.51. The van der Waals surface area contributed by atoms with Crippen LogP contribution in [0.1, 0.15) is 12.0 Å². The van der Waals surface area contributed by atoms with Crippen molar-refractivity contribution in [3.63, 3.8) is 0 Å². The minimum atomic E-state index is -0.335. The Balaban J connectivity index is 1.45. The van der Waals surface area contributed by atoms with Gasteiger partial charge in [-0.3, -0.25) is 9.59 Å². The highest BCUT2D eigenvalue weighted by atomic mass is 35.5. The first kappa shape index (κ1) is 19.8. The summed E-state index contributed by atoms with van der Waals surface area (Å²) in [6.07, 6.45) is 3.41. The quantitative estimate of drug-likeness (QED) is 0.513. The van der Waals surface area contributed by atoms with E-state index in [9.17, 15) is 14.0 Å². The first-order valence-electron chi connectivity index (χ1n) is 9.36. The van der Waals surface area contributed by atoms with Crippen molar-refractivity contribution in [2.24, 2.45) is 0 Å². The third-order valence-corrected chi connectivity index (χ3v) is 5.13. The Kier molecular flexibility index (Phi) is 5.63. The van der Waals surface area contributed by atoms with E-state index in [-0.39, 0.29) is 30.2 Å². The van der Waals surface area contributed by atoms with Crippen LogP contribution in [-0.4, -0.2) is 20.1 Å². The molecule has 0 bridgehead atoms. The fraction of sp³-hybridized carbons (Fsp3) is 0.136. The van der Waals surface area contributed by atoms with E-state index in [4.69, 9.17) is 11.6 Å². The van der Waals surface area contributed by atoms with Gasteiger partial charge in [0.25, 0.3) is 5.56 Å². The van der Waals surface area contributed by atoms with Gasteiger partial charge in [-0.25, -0.2) is 8.91 Å². The largest absolute Gasteiger partial charge is 0.352 e.